The molecule has 0 fully saturated rings. The van der Waals surface area contributed by atoms with Gasteiger partial charge in [-0.3, -0.25) is 4.79 Å². The quantitative estimate of drug-likeness (QED) is 0.661. The Bertz CT molecular complexity index is 1040. The first kappa shape index (κ1) is 18.3. The highest BCUT2D eigenvalue weighted by Gasteiger charge is 2.21. The molecular formula is C19H19N5O3S. The Morgan fingerprint density at radius 1 is 1.14 bits per heavy atom. The number of anilines is 1. The van der Waals surface area contributed by atoms with Gasteiger partial charge in [0.25, 0.3) is 0 Å². The van der Waals surface area contributed by atoms with E-state index in [1.165, 1.54) is 17.3 Å². The number of carbonyl (C=O) groups excluding carboxylic acids is 1. The van der Waals surface area contributed by atoms with E-state index in [4.69, 9.17) is 9.47 Å². The predicted molar refractivity (Wildman–Crippen MR) is 105 cm³/mol. The molecule has 1 amide bonds. The zero-order valence-electron chi connectivity index (χ0n) is 15.7. The molecule has 28 heavy (non-hydrogen) atoms. The highest BCUT2D eigenvalue weighted by molar-refractivity contribution is 8.00. The number of thioether (sulfide) groups is 1. The lowest BCUT2D eigenvalue weighted by Gasteiger charge is -2.12. The van der Waals surface area contributed by atoms with Gasteiger partial charge in [-0.2, -0.15) is 4.68 Å². The summed E-state index contributed by atoms with van der Waals surface area (Å²) in [4.78, 5) is 12.6. The summed E-state index contributed by atoms with van der Waals surface area (Å²) in [6.07, 6.45) is 0. The third-order valence-electron chi connectivity index (χ3n) is 4.47. The van der Waals surface area contributed by atoms with E-state index in [9.17, 15) is 4.79 Å². The number of hydrogen-bond donors (Lipinski definition) is 1. The second-order valence-corrected chi connectivity index (χ2v) is 7.77. The van der Waals surface area contributed by atoms with Crippen LogP contribution in [0.2, 0.25) is 0 Å². The van der Waals surface area contributed by atoms with E-state index in [2.05, 4.69) is 27.8 Å². The van der Waals surface area contributed by atoms with Crippen molar-refractivity contribution in [3.05, 3.63) is 47.5 Å². The first-order valence-corrected chi connectivity index (χ1v) is 9.62. The Hall–Kier alpha value is -3.07. The number of aryl methyl sites for hydroxylation is 2. The fraction of sp³-hybridized carbons (Fsp3) is 0.263. The number of hydrogen-bond acceptors (Lipinski definition) is 7. The van der Waals surface area contributed by atoms with Gasteiger partial charge in [-0.05, 0) is 66.6 Å². The number of carbonyl (C=O) groups is 1. The van der Waals surface area contributed by atoms with Crippen molar-refractivity contribution in [2.45, 2.75) is 31.2 Å². The summed E-state index contributed by atoms with van der Waals surface area (Å²) >= 11 is 1.29. The second-order valence-electron chi connectivity index (χ2n) is 6.46. The van der Waals surface area contributed by atoms with Crippen LogP contribution in [0.4, 0.5) is 5.69 Å². The fourth-order valence-electron chi connectivity index (χ4n) is 2.70. The number of rotatable bonds is 5. The van der Waals surface area contributed by atoms with Crippen LogP contribution in [0, 0.1) is 13.8 Å². The topological polar surface area (TPSA) is 91.2 Å². The maximum absolute atomic E-state index is 12.6. The number of tetrazole rings is 1. The van der Waals surface area contributed by atoms with Crippen LogP contribution in [0.3, 0.4) is 0 Å². The number of amides is 1. The van der Waals surface area contributed by atoms with Gasteiger partial charge in [0, 0.05) is 11.8 Å². The fourth-order valence-corrected chi connectivity index (χ4v) is 3.51. The van der Waals surface area contributed by atoms with Crippen LogP contribution in [0.1, 0.15) is 18.1 Å². The third kappa shape index (κ3) is 3.65. The zero-order chi connectivity index (χ0) is 19.7. The molecule has 9 heteroatoms. The van der Waals surface area contributed by atoms with Crippen LogP contribution in [0.5, 0.6) is 11.5 Å². The molecule has 1 atom stereocenters. The van der Waals surface area contributed by atoms with Crippen molar-refractivity contribution in [3.63, 3.8) is 0 Å². The van der Waals surface area contributed by atoms with Gasteiger partial charge in [0.05, 0.1) is 10.9 Å². The lowest BCUT2D eigenvalue weighted by molar-refractivity contribution is -0.115. The Morgan fingerprint density at radius 2 is 1.96 bits per heavy atom. The monoisotopic (exact) mass is 397 g/mol. The average Bonchev–Trinajstić information content (AvgIpc) is 3.32. The number of ether oxygens (including phenoxy) is 2. The van der Waals surface area contributed by atoms with Crippen LogP contribution in [0.25, 0.3) is 5.69 Å². The molecule has 0 radical (unpaired) electrons. The van der Waals surface area contributed by atoms with Crippen molar-refractivity contribution in [3.8, 4) is 17.2 Å². The Labute approximate surface area is 166 Å². The first-order chi connectivity index (χ1) is 13.5. The maximum Gasteiger partial charge on any atom is 0.237 e. The van der Waals surface area contributed by atoms with Gasteiger partial charge < -0.3 is 14.8 Å². The normalized spacial score (nSPS) is 13.4. The minimum absolute atomic E-state index is 0.154. The molecule has 1 aromatic heterocycles. The maximum atomic E-state index is 12.6. The van der Waals surface area contributed by atoms with Crippen molar-refractivity contribution in [2.24, 2.45) is 0 Å². The van der Waals surface area contributed by atoms with E-state index in [0.29, 0.717) is 22.3 Å². The van der Waals surface area contributed by atoms with E-state index in [1.54, 1.807) is 22.9 Å². The van der Waals surface area contributed by atoms with Crippen molar-refractivity contribution in [1.29, 1.82) is 0 Å². The van der Waals surface area contributed by atoms with E-state index in [-0.39, 0.29) is 12.7 Å². The van der Waals surface area contributed by atoms with Gasteiger partial charge in [-0.1, -0.05) is 17.8 Å². The highest BCUT2D eigenvalue weighted by Crippen LogP contribution is 2.34. The summed E-state index contributed by atoms with van der Waals surface area (Å²) in [5.74, 6) is 1.14. The molecule has 0 aliphatic carbocycles. The van der Waals surface area contributed by atoms with Crippen LogP contribution < -0.4 is 14.8 Å². The predicted octanol–water partition coefficient (Wildman–Crippen LogP) is 3.13. The number of benzene rings is 2. The largest absolute Gasteiger partial charge is 0.454 e. The van der Waals surface area contributed by atoms with Crippen LogP contribution in [-0.2, 0) is 4.79 Å². The standard InChI is InChI=1S/C19H19N5O3S/c1-11-4-6-15(8-12(11)2)24-19(21-22-23-24)28-13(3)18(25)20-14-5-7-16-17(9-14)27-10-26-16/h4-9,13H,10H2,1-3H3,(H,20,25)/t13-/m1/s1. The molecule has 3 aromatic rings. The lowest BCUT2D eigenvalue weighted by Crippen LogP contribution is -2.22. The summed E-state index contributed by atoms with van der Waals surface area (Å²) in [6, 6.07) is 11.3. The second kappa shape index (κ2) is 7.51. The Morgan fingerprint density at radius 3 is 2.79 bits per heavy atom. The molecule has 1 aliphatic rings. The smallest absolute Gasteiger partial charge is 0.237 e. The van der Waals surface area contributed by atoms with Crippen molar-refractivity contribution in [1.82, 2.24) is 20.2 Å². The SMILES string of the molecule is Cc1ccc(-n2nnnc2S[C@H](C)C(=O)Nc2ccc3c(c2)OCO3)cc1C. The molecule has 0 saturated heterocycles. The number of nitrogens with zero attached hydrogens (tertiary/aromatic N) is 4. The number of fused-ring (bicyclic) bond motifs is 1. The summed E-state index contributed by atoms with van der Waals surface area (Å²) in [7, 11) is 0. The van der Waals surface area contributed by atoms with Crippen molar-refractivity contribution in [2.75, 3.05) is 12.1 Å². The molecular weight excluding hydrogens is 378 g/mol. The summed E-state index contributed by atoms with van der Waals surface area (Å²) < 4.78 is 12.3. The van der Waals surface area contributed by atoms with Crippen molar-refractivity contribution < 1.29 is 14.3 Å². The molecule has 0 saturated carbocycles. The van der Waals surface area contributed by atoms with E-state index >= 15 is 0 Å². The minimum Gasteiger partial charge on any atom is -0.454 e. The molecule has 144 valence electrons. The summed E-state index contributed by atoms with van der Waals surface area (Å²) in [5, 5.41) is 14.9. The first-order valence-electron chi connectivity index (χ1n) is 8.74. The summed E-state index contributed by atoms with van der Waals surface area (Å²) in [5.41, 5.74) is 3.86. The van der Waals surface area contributed by atoms with Gasteiger partial charge >= 0.3 is 0 Å². The molecule has 2 aromatic carbocycles. The molecule has 4 rings (SSSR count). The molecule has 0 bridgehead atoms. The molecule has 2 heterocycles. The Balaban J connectivity index is 1.46. The molecule has 1 aliphatic heterocycles. The van der Waals surface area contributed by atoms with Crippen LogP contribution >= 0.6 is 11.8 Å². The number of nitrogens with one attached hydrogen (secondary N) is 1. The highest BCUT2D eigenvalue weighted by atomic mass is 32.2. The van der Waals surface area contributed by atoms with E-state index in [0.717, 1.165) is 11.3 Å². The molecule has 0 unspecified atom stereocenters. The van der Waals surface area contributed by atoms with Gasteiger partial charge in [-0.15, -0.1) is 5.10 Å². The lowest BCUT2D eigenvalue weighted by atomic mass is 10.1. The zero-order valence-corrected chi connectivity index (χ0v) is 16.5. The molecule has 1 N–H and O–H groups in total. The van der Waals surface area contributed by atoms with E-state index in [1.807, 2.05) is 32.0 Å². The van der Waals surface area contributed by atoms with Crippen molar-refractivity contribution >= 4 is 23.4 Å². The number of aromatic nitrogens is 4. The third-order valence-corrected chi connectivity index (χ3v) is 5.50. The van der Waals surface area contributed by atoms with Crippen LogP contribution in [0.15, 0.2) is 41.6 Å². The van der Waals surface area contributed by atoms with Gasteiger partial charge in [0.1, 0.15) is 0 Å². The molecule has 0 spiro atoms. The average molecular weight is 397 g/mol. The van der Waals surface area contributed by atoms with Gasteiger partial charge in [0.15, 0.2) is 11.5 Å². The van der Waals surface area contributed by atoms with Crippen LogP contribution in [-0.4, -0.2) is 38.2 Å². The van der Waals surface area contributed by atoms with E-state index < -0.39 is 5.25 Å². The summed E-state index contributed by atoms with van der Waals surface area (Å²) in [6.45, 7) is 6.10. The van der Waals surface area contributed by atoms with Gasteiger partial charge in [-0.25, -0.2) is 0 Å². The molecule has 8 nitrogen and oxygen atoms in total. The van der Waals surface area contributed by atoms with Gasteiger partial charge in [0.2, 0.25) is 17.9 Å². The Kier molecular flexibility index (Phi) is 4.91. The minimum atomic E-state index is -0.401.